The van der Waals surface area contributed by atoms with Crippen LogP contribution in [0.3, 0.4) is 0 Å². The van der Waals surface area contributed by atoms with Gasteiger partial charge in [-0.05, 0) is 46.1 Å². The number of nitrogens with one attached hydrogen (secondary N) is 1. The predicted molar refractivity (Wildman–Crippen MR) is 54.9 cm³/mol. The van der Waals surface area contributed by atoms with Gasteiger partial charge >= 0.3 is 6.09 Å². The Balaban J connectivity index is 2.27. The number of rotatable bonds is 2. The van der Waals surface area contributed by atoms with Gasteiger partial charge in [0.25, 0.3) is 0 Å². The first kappa shape index (κ1) is 11.3. The van der Waals surface area contributed by atoms with Gasteiger partial charge in [-0.2, -0.15) is 0 Å². The zero-order valence-corrected chi connectivity index (χ0v) is 9.17. The Morgan fingerprint density at radius 1 is 1.50 bits per heavy atom. The minimum absolute atomic E-state index is 0.217. The van der Waals surface area contributed by atoms with Crippen LogP contribution in [0.2, 0.25) is 0 Å². The van der Waals surface area contributed by atoms with E-state index in [-0.39, 0.29) is 12.1 Å². The Kier molecular flexibility index (Phi) is 3.37. The summed E-state index contributed by atoms with van der Waals surface area (Å²) in [6.45, 7) is 6.20. The lowest BCUT2D eigenvalue weighted by atomic mass is 9.80. The van der Waals surface area contributed by atoms with Crippen molar-refractivity contribution in [3.05, 3.63) is 0 Å². The summed E-state index contributed by atoms with van der Waals surface area (Å²) in [5.74, 6) is 0.433. The molecule has 14 heavy (non-hydrogen) atoms. The highest BCUT2D eigenvalue weighted by Gasteiger charge is 2.31. The molecule has 1 saturated carbocycles. The Morgan fingerprint density at radius 3 is 2.50 bits per heavy atom. The van der Waals surface area contributed by atoms with Gasteiger partial charge in [0.2, 0.25) is 0 Å². The monoisotopic (exact) mass is 200 g/mol. The third-order valence-electron chi connectivity index (χ3n) is 2.42. The lowest BCUT2D eigenvalue weighted by molar-refractivity contribution is 0.0441. The Hall–Kier alpha value is -0.770. The standard InChI is InChI=1S/C10H20N2O2/c1-10(2,3)14-9(13)12-8-5-4-7(8)6-11/h7-8H,4-6,11H2,1-3H3,(H,12,13)/t7-,8+/m0/s1. The molecule has 4 nitrogen and oxygen atoms in total. The van der Waals surface area contributed by atoms with Crippen molar-refractivity contribution in [2.24, 2.45) is 11.7 Å². The molecule has 1 rings (SSSR count). The molecule has 0 saturated heterocycles. The Morgan fingerprint density at radius 2 is 2.14 bits per heavy atom. The molecule has 0 aromatic rings. The van der Waals surface area contributed by atoms with Crippen LogP contribution in [0, 0.1) is 5.92 Å². The molecule has 82 valence electrons. The molecule has 0 aliphatic heterocycles. The maximum atomic E-state index is 11.3. The summed E-state index contributed by atoms with van der Waals surface area (Å²) < 4.78 is 5.15. The summed E-state index contributed by atoms with van der Waals surface area (Å²) in [5.41, 5.74) is 5.11. The molecule has 0 heterocycles. The second-order valence-corrected chi connectivity index (χ2v) is 4.83. The van der Waals surface area contributed by atoms with Crippen molar-refractivity contribution in [3.63, 3.8) is 0 Å². The van der Waals surface area contributed by atoms with Gasteiger partial charge in [0.1, 0.15) is 5.60 Å². The maximum Gasteiger partial charge on any atom is 0.407 e. The van der Waals surface area contributed by atoms with E-state index < -0.39 is 5.60 Å². The normalized spacial score (nSPS) is 26.6. The third kappa shape index (κ3) is 3.18. The highest BCUT2D eigenvalue weighted by atomic mass is 16.6. The predicted octanol–water partition coefficient (Wildman–Crippen LogP) is 1.25. The van der Waals surface area contributed by atoms with Crippen molar-refractivity contribution in [2.75, 3.05) is 6.54 Å². The van der Waals surface area contributed by atoms with Gasteiger partial charge in [-0.3, -0.25) is 0 Å². The lowest BCUT2D eigenvalue weighted by Gasteiger charge is -2.36. The zero-order valence-electron chi connectivity index (χ0n) is 9.17. The van der Waals surface area contributed by atoms with Gasteiger partial charge in [0.05, 0.1) is 0 Å². The van der Waals surface area contributed by atoms with Gasteiger partial charge in [-0.25, -0.2) is 4.79 Å². The summed E-state index contributed by atoms with van der Waals surface area (Å²) in [6.07, 6.45) is 1.79. The van der Waals surface area contributed by atoms with E-state index in [0.717, 1.165) is 12.8 Å². The fourth-order valence-corrected chi connectivity index (χ4v) is 1.50. The number of nitrogens with two attached hydrogens (primary N) is 1. The molecule has 1 aliphatic carbocycles. The average Bonchev–Trinajstić information content (AvgIpc) is 1.96. The van der Waals surface area contributed by atoms with Crippen LogP contribution in [0.1, 0.15) is 33.6 Å². The number of carbonyl (C=O) groups excluding carboxylic acids is 1. The molecule has 0 aromatic heterocycles. The molecule has 1 aliphatic rings. The smallest absolute Gasteiger partial charge is 0.407 e. The summed E-state index contributed by atoms with van der Waals surface area (Å²) in [6, 6.07) is 0.217. The SMILES string of the molecule is CC(C)(C)OC(=O)N[C@@H]1CC[C@H]1CN. The molecular formula is C10H20N2O2. The average molecular weight is 200 g/mol. The van der Waals surface area contributed by atoms with Crippen molar-refractivity contribution in [1.82, 2.24) is 5.32 Å². The summed E-state index contributed by atoms with van der Waals surface area (Å²) in [4.78, 5) is 11.3. The van der Waals surface area contributed by atoms with Crippen LogP contribution >= 0.6 is 0 Å². The molecule has 0 bridgehead atoms. The van der Waals surface area contributed by atoms with E-state index in [0.29, 0.717) is 12.5 Å². The topological polar surface area (TPSA) is 64.3 Å². The molecule has 1 fully saturated rings. The second-order valence-electron chi connectivity index (χ2n) is 4.83. The van der Waals surface area contributed by atoms with Crippen LogP contribution in [0.15, 0.2) is 0 Å². The summed E-state index contributed by atoms with van der Waals surface area (Å²) in [7, 11) is 0. The number of carbonyl (C=O) groups is 1. The molecule has 0 spiro atoms. The van der Waals surface area contributed by atoms with Crippen molar-refractivity contribution in [3.8, 4) is 0 Å². The van der Waals surface area contributed by atoms with Crippen molar-refractivity contribution < 1.29 is 9.53 Å². The summed E-state index contributed by atoms with van der Waals surface area (Å²) >= 11 is 0. The molecule has 0 unspecified atom stereocenters. The van der Waals surface area contributed by atoms with Gasteiger partial charge in [0, 0.05) is 6.04 Å². The van der Waals surface area contributed by atoms with Gasteiger partial charge in [-0.1, -0.05) is 0 Å². The number of ether oxygens (including phenoxy) is 1. The van der Waals surface area contributed by atoms with Gasteiger partial charge < -0.3 is 15.8 Å². The van der Waals surface area contributed by atoms with Crippen LogP contribution < -0.4 is 11.1 Å². The first-order valence-corrected chi connectivity index (χ1v) is 5.12. The van der Waals surface area contributed by atoms with E-state index in [9.17, 15) is 4.79 Å². The van der Waals surface area contributed by atoms with E-state index in [4.69, 9.17) is 10.5 Å². The molecule has 4 heteroatoms. The fourth-order valence-electron chi connectivity index (χ4n) is 1.50. The van der Waals surface area contributed by atoms with E-state index in [1.165, 1.54) is 0 Å². The minimum atomic E-state index is -0.425. The van der Waals surface area contributed by atoms with E-state index in [1.807, 2.05) is 20.8 Å². The molecular weight excluding hydrogens is 180 g/mol. The zero-order chi connectivity index (χ0) is 10.8. The fraction of sp³-hybridized carbons (Fsp3) is 0.900. The Bertz CT molecular complexity index is 209. The van der Waals surface area contributed by atoms with Crippen molar-refractivity contribution in [1.29, 1.82) is 0 Å². The number of hydrogen-bond acceptors (Lipinski definition) is 3. The van der Waals surface area contributed by atoms with Crippen LogP contribution in [0.4, 0.5) is 4.79 Å². The quantitative estimate of drug-likeness (QED) is 0.705. The Labute approximate surface area is 85.2 Å². The molecule has 2 atom stereocenters. The number of hydrogen-bond donors (Lipinski definition) is 2. The lowest BCUT2D eigenvalue weighted by Crippen LogP contribution is -2.50. The van der Waals surface area contributed by atoms with Crippen molar-refractivity contribution >= 4 is 6.09 Å². The molecule has 0 radical (unpaired) electrons. The minimum Gasteiger partial charge on any atom is -0.444 e. The first-order chi connectivity index (χ1) is 6.42. The van der Waals surface area contributed by atoms with Crippen LogP contribution in [0.25, 0.3) is 0 Å². The van der Waals surface area contributed by atoms with E-state index >= 15 is 0 Å². The first-order valence-electron chi connectivity index (χ1n) is 5.12. The molecule has 1 amide bonds. The second kappa shape index (κ2) is 4.17. The van der Waals surface area contributed by atoms with E-state index in [1.54, 1.807) is 0 Å². The van der Waals surface area contributed by atoms with Crippen molar-refractivity contribution in [2.45, 2.75) is 45.3 Å². The van der Waals surface area contributed by atoms with E-state index in [2.05, 4.69) is 5.32 Å². The van der Waals surface area contributed by atoms with Crippen LogP contribution in [-0.2, 0) is 4.74 Å². The number of alkyl carbamates (subject to hydrolysis) is 1. The molecule has 3 N–H and O–H groups in total. The highest BCUT2D eigenvalue weighted by molar-refractivity contribution is 5.68. The van der Waals surface area contributed by atoms with Gasteiger partial charge in [-0.15, -0.1) is 0 Å². The van der Waals surface area contributed by atoms with Crippen LogP contribution in [-0.4, -0.2) is 24.3 Å². The van der Waals surface area contributed by atoms with Crippen LogP contribution in [0.5, 0.6) is 0 Å². The van der Waals surface area contributed by atoms with Gasteiger partial charge in [0.15, 0.2) is 0 Å². The highest BCUT2D eigenvalue weighted by Crippen LogP contribution is 2.26. The maximum absolute atomic E-state index is 11.3. The largest absolute Gasteiger partial charge is 0.444 e. The third-order valence-corrected chi connectivity index (χ3v) is 2.42. The summed E-state index contributed by atoms with van der Waals surface area (Å²) in [5, 5.41) is 2.83. The molecule has 0 aromatic carbocycles. The number of amides is 1.